The molecule has 0 radical (unpaired) electrons. The van der Waals surface area contributed by atoms with Crippen molar-refractivity contribution < 1.29 is 0 Å². The first-order valence-corrected chi connectivity index (χ1v) is 5.89. The summed E-state index contributed by atoms with van der Waals surface area (Å²) in [5.41, 5.74) is 4.13. The van der Waals surface area contributed by atoms with Crippen LogP contribution in [0.1, 0.15) is 26.2 Å². The molecule has 0 aliphatic heterocycles. The molecule has 2 heteroatoms. The van der Waals surface area contributed by atoms with Crippen molar-refractivity contribution in [1.82, 2.24) is 10.6 Å². The van der Waals surface area contributed by atoms with Crippen molar-refractivity contribution in [2.75, 3.05) is 13.6 Å². The lowest BCUT2D eigenvalue weighted by molar-refractivity contribution is 0.534. The van der Waals surface area contributed by atoms with Crippen LogP contribution in [-0.4, -0.2) is 13.6 Å². The van der Waals surface area contributed by atoms with E-state index in [0.29, 0.717) is 0 Å². The maximum Gasteiger partial charge on any atom is 0.0393 e. The molecule has 0 heterocycles. The maximum atomic E-state index is 3.46. The first-order chi connectivity index (χ1) is 7.36. The lowest BCUT2D eigenvalue weighted by Gasteiger charge is -2.30. The van der Waals surface area contributed by atoms with E-state index in [1.165, 1.54) is 36.2 Å². The van der Waals surface area contributed by atoms with E-state index in [0.717, 1.165) is 12.5 Å². The summed E-state index contributed by atoms with van der Waals surface area (Å²) >= 11 is 0. The fourth-order valence-electron chi connectivity index (χ4n) is 2.53. The Balaban J connectivity index is 2.36. The average molecular weight is 204 g/mol. The molecule has 2 nitrogen and oxygen atoms in total. The minimum atomic E-state index is 0.719. The molecule has 1 atom stereocenters. The Kier molecular flexibility index (Phi) is 3.14. The molecule has 82 valence electrons. The second-order valence-corrected chi connectivity index (χ2v) is 4.14. The van der Waals surface area contributed by atoms with Crippen LogP contribution >= 0.6 is 0 Å². The van der Waals surface area contributed by atoms with Crippen LogP contribution in [-0.2, 0) is 0 Å². The summed E-state index contributed by atoms with van der Waals surface area (Å²) in [4.78, 5) is 0. The molecule has 2 rings (SSSR count). The van der Waals surface area contributed by atoms with Crippen LogP contribution in [0.2, 0.25) is 0 Å². The van der Waals surface area contributed by atoms with E-state index in [1.54, 1.807) is 0 Å². The summed E-state index contributed by atoms with van der Waals surface area (Å²) in [7, 11) is 2.02. The normalized spacial score (nSPS) is 24.7. The summed E-state index contributed by atoms with van der Waals surface area (Å²) in [6.07, 6.45) is 10.5. The first-order valence-electron chi connectivity index (χ1n) is 5.89. The molecule has 0 aromatic carbocycles. The van der Waals surface area contributed by atoms with Crippen molar-refractivity contribution in [2.24, 2.45) is 5.92 Å². The standard InChI is InChI=1S/C13H20N2/c1-3-15-12-9-5-7-10-6-4-8-11(14-2)13(10)12/h5,8-10,14-15H,3-4,6-7H2,1-2H3. The number of rotatable bonds is 3. The van der Waals surface area contributed by atoms with Gasteiger partial charge in [0.15, 0.2) is 0 Å². The smallest absolute Gasteiger partial charge is 0.0393 e. The third-order valence-electron chi connectivity index (χ3n) is 3.19. The van der Waals surface area contributed by atoms with Crippen molar-refractivity contribution >= 4 is 0 Å². The molecule has 0 spiro atoms. The Morgan fingerprint density at radius 2 is 2.33 bits per heavy atom. The van der Waals surface area contributed by atoms with Crippen LogP contribution < -0.4 is 10.6 Å². The highest BCUT2D eigenvalue weighted by Gasteiger charge is 2.24. The molecule has 0 aromatic heterocycles. The Morgan fingerprint density at radius 3 is 3.07 bits per heavy atom. The number of hydrogen-bond donors (Lipinski definition) is 2. The molecule has 0 fully saturated rings. The molecule has 0 amide bonds. The van der Waals surface area contributed by atoms with Crippen LogP contribution in [0.15, 0.2) is 35.2 Å². The van der Waals surface area contributed by atoms with Crippen LogP contribution in [0.3, 0.4) is 0 Å². The van der Waals surface area contributed by atoms with Gasteiger partial charge in [-0.25, -0.2) is 0 Å². The highest BCUT2D eigenvalue weighted by molar-refractivity contribution is 5.44. The Hall–Kier alpha value is -1.18. The number of likely N-dealkylation sites (N-methyl/N-ethyl adjacent to an activating group) is 2. The van der Waals surface area contributed by atoms with Crippen molar-refractivity contribution in [3.8, 4) is 0 Å². The molecule has 0 saturated heterocycles. The van der Waals surface area contributed by atoms with E-state index in [9.17, 15) is 0 Å². The van der Waals surface area contributed by atoms with Gasteiger partial charge in [0, 0.05) is 30.6 Å². The van der Waals surface area contributed by atoms with Gasteiger partial charge in [0.05, 0.1) is 0 Å². The van der Waals surface area contributed by atoms with Gasteiger partial charge in [-0.05, 0) is 38.2 Å². The fraction of sp³-hybridized carbons (Fsp3) is 0.538. The largest absolute Gasteiger partial charge is 0.388 e. The van der Waals surface area contributed by atoms with Crippen LogP contribution in [0.5, 0.6) is 0 Å². The van der Waals surface area contributed by atoms with E-state index in [-0.39, 0.29) is 0 Å². The van der Waals surface area contributed by atoms with Gasteiger partial charge in [0.2, 0.25) is 0 Å². The number of allylic oxidation sites excluding steroid dienone is 4. The molecule has 0 aromatic rings. The minimum Gasteiger partial charge on any atom is -0.388 e. The van der Waals surface area contributed by atoms with E-state index < -0.39 is 0 Å². The van der Waals surface area contributed by atoms with Crippen LogP contribution in [0.25, 0.3) is 0 Å². The Bertz CT molecular complexity index is 323. The summed E-state index contributed by atoms with van der Waals surface area (Å²) in [5, 5.41) is 6.78. The van der Waals surface area contributed by atoms with Crippen molar-refractivity contribution in [3.63, 3.8) is 0 Å². The summed E-state index contributed by atoms with van der Waals surface area (Å²) in [6.45, 7) is 3.14. The van der Waals surface area contributed by atoms with E-state index in [1.807, 2.05) is 7.05 Å². The van der Waals surface area contributed by atoms with Crippen LogP contribution in [0.4, 0.5) is 0 Å². The SMILES string of the molecule is CCNC1=C2C(NC)=CCCC2CC=C1. The zero-order valence-corrected chi connectivity index (χ0v) is 9.64. The van der Waals surface area contributed by atoms with Gasteiger partial charge in [-0.2, -0.15) is 0 Å². The molecule has 15 heavy (non-hydrogen) atoms. The van der Waals surface area contributed by atoms with Gasteiger partial charge in [0.1, 0.15) is 0 Å². The van der Waals surface area contributed by atoms with Gasteiger partial charge in [-0.3, -0.25) is 0 Å². The van der Waals surface area contributed by atoms with E-state index in [2.05, 4.69) is 35.8 Å². The number of fused-ring (bicyclic) bond motifs is 1. The summed E-state index contributed by atoms with van der Waals surface area (Å²) in [6, 6.07) is 0. The van der Waals surface area contributed by atoms with Crippen LogP contribution in [0, 0.1) is 5.92 Å². The highest BCUT2D eigenvalue weighted by Crippen LogP contribution is 2.35. The third-order valence-corrected chi connectivity index (χ3v) is 3.19. The van der Waals surface area contributed by atoms with Gasteiger partial charge in [0.25, 0.3) is 0 Å². The van der Waals surface area contributed by atoms with Gasteiger partial charge >= 0.3 is 0 Å². The molecular weight excluding hydrogens is 184 g/mol. The lowest BCUT2D eigenvalue weighted by Crippen LogP contribution is -2.26. The minimum absolute atomic E-state index is 0.719. The average Bonchev–Trinajstić information content (AvgIpc) is 2.29. The van der Waals surface area contributed by atoms with E-state index >= 15 is 0 Å². The number of nitrogens with one attached hydrogen (secondary N) is 2. The quantitative estimate of drug-likeness (QED) is 0.737. The van der Waals surface area contributed by atoms with Crippen molar-refractivity contribution in [2.45, 2.75) is 26.2 Å². The molecule has 2 N–H and O–H groups in total. The molecule has 1 unspecified atom stereocenters. The Labute approximate surface area is 92.1 Å². The lowest BCUT2D eigenvalue weighted by atomic mass is 9.80. The zero-order chi connectivity index (χ0) is 10.7. The maximum absolute atomic E-state index is 3.46. The van der Waals surface area contributed by atoms with E-state index in [4.69, 9.17) is 0 Å². The molecule has 2 aliphatic rings. The van der Waals surface area contributed by atoms with Gasteiger partial charge in [-0.15, -0.1) is 0 Å². The summed E-state index contributed by atoms with van der Waals surface area (Å²) < 4.78 is 0. The van der Waals surface area contributed by atoms with Crippen molar-refractivity contribution in [3.05, 3.63) is 35.2 Å². The monoisotopic (exact) mass is 204 g/mol. The zero-order valence-electron chi connectivity index (χ0n) is 9.64. The topological polar surface area (TPSA) is 24.1 Å². The molecule has 2 aliphatic carbocycles. The van der Waals surface area contributed by atoms with Crippen molar-refractivity contribution in [1.29, 1.82) is 0 Å². The van der Waals surface area contributed by atoms with Gasteiger partial charge in [-0.1, -0.05) is 12.2 Å². The third kappa shape index (κ3) is 1.94. The summed E-state index contributed by atoms with van der Waals surface area (Å²) in [5.74, 6) is 0.719. The predicted molar refractivity (Wildman–Crippen MR) is 64.3 cm³/mol. The molecule has 0 bridgehead atoms. The number of hydrogen-bond acceptors (Lipinski definition) is 2. The first kappa shape index (κ1) is 10.3. The molecule has 0 saturated carbocycles. The highest BCUT2D eigenvalue weighted by atomic mass is 14.9. The Morgan fingerprint density at radius 1 is 1.47 bits per heavy atom. The second-order valence-electron chi connectivity index (χ2n) is 4.14. The molecular formula is C13H20N2. The fourth-order valence-corrected chi connectivity index (χ4v) is 2.53. The second kappa shape index (κ2) is 4.56. The predicted octanol–water partition coefficient (Wildman–Crippen LogP) is 2.32. The van der Waals surface area contributed by atoms with Gasteiger partial charge < -0.3 is 10.6 Å².